The summed E-state index contributed by atoms with van der Waals surface area (Å²) in [6.07, 6.45) is -2.59. The Morgan fingerprint density at radius 2 is 1.73 bits per heavy atom. The Hall–Kier alpha value is -2.98. The van der Waals surface area contributed by atoms with Crippen LogP contribution in [-0.4, -0.2) is 73.3 Å². The van der Waals surface area contributed by atoms with E-state index < -0.39 is 29.3 Å². The molecule has 0 saturated carbocycles. The molecule has 2 heterocycles. The number of ether oxygens (including phenoxy) is 2. The summed E-state index contributed by atoms with van der Waals surface area (Å²) in [6, 6.07) is 3.39. The van der Waals surface area contributed by atoms with E-state index in [0.29, 0.717) is 37.7 Å². The van der Waals surface area contributed by atoms with Gasteiger partial charge in [-0.05, 0) is 70.1 Å². The predicted molar refractivity (Wildman–Crippen MR) is 131 cm³/mol. The first-order chi connectivity index (χ1) is 17.3. The molecule has 0 aromatic heterocycles. The maximum Gasteiger partial charge on any atom is 0.418 e. The van der Waals surface area contributed by atoms with E-state index in [1.54, 1.807) is 9.80 Å². The van der Waals surface area contributed by atoms with Gasteiger partial charge in [0.2, 0.25) is 0 Å². The Balaban J connectivity index is 1.57. The maximum absolute atomic E-state index is 13.9. The number of piperidine rings is 1. The summed E-state index contributed by atoms with van der Waals surface area (Å²) in [5, 5.41) is 0. The fraction of sp³-hybridized carbons (Fsp3) is 0.654. The van der Waals surface area contributed by atoms with Crippen LogP contribution in [0, 0.1) is 5.92 Å². The molecular formula is C26H36F3N3O5. The van der Waals surface area contributed by atoms with Gasteiger partial charge in [-0.3, -0.25) is 9.69 Å². The lowest BCUT2D eigenvalue weighted by molar-refractivity contribution is -0.140. The fourth-order valence-electron chi connectivity index (χ4n) is 4.63. The number of rotatable bonds is 7. The number of hydrogen-bond acceptors (Lipinski definition) is 5. The van der Waals surface area contributed by atoms with E-state index in [0.717, 1.165) is 25.3 Å². The van der Waals surface area contributed by atoms with E-state index in [4.69, 9.17) is 4.74 Å². The molecule has 3 amide bonds. The summed E-state index contributed by atoms with van der Waals surface area (Å²) < 4.78 is 51.6. The summed E-state index contributed by atoms with van der Waals surface area (Å²) in [5.74, 6) is -0.182. The average molecular weight is 528 g/mol. The van der Waals surface area contributed by atoms with Crippen molar-refractivity contribution in [2.75, 3.05) is 44.7 Å². The molecule has 0 aliphatic carbocycles. The second-order valence-electron chi connectivity index (χ2n) is 10.5. The number of anilines is 1. The van der Waals surface area contributed by atoms with Crippen LogP contribution in [0.4, 0.5) is 28.4 Å². The van der Waals surface area contributed by atoms with E-state index >= 15 is 0 Å². The van der Waals surface area contributed by atoms with Crippen LogP contribution in [-0.2, 0) is 26.9 Å². The van der Waals surface area contributed by atoms with E-state index in [-0.39, 0.29) is 31.2 Å². The Morgan fingerprint density at radius 3 is 2.32 bits per heavy atom. The minimum absolute atomic E-state index is 0.0275. The SMILES string of the molecule is COC(=O)CCc1ccc(N2CCN(CCC3CCN(C(=O)OC(C)(C)C)CC3)C2=O)c(C(F)(F)F)c1. The van der Waals surface area contributed by atoms with Crippen molar-refractivity contribution in [2.45, 2.75) is 64.7 Å². The highest BCUT2D eigenvalue weighted by atomic mass is 19.4. The summed E-state index contributed by atoms with van der Waals surface area (Å²) in [4.78, 5) is 41.1. The van der Waals surface area contributed by atoms with Crippen LogP contribution in [0.1, 0.15) is 57.6 Å². The molecule has 2 saturated heterocycles. The van der Waals surface area contributed by atoms with Gasteiger partial charge in [0.05, 0.1) is 18.4 Å². The normalized spacial score (nSPS) is 17.4. The summed E-state index contributed by atoms with van der Waals surface area (Å²) in [7, 11) is 1.23. The van der Waals surface area contributed by atoms with Crippen LogP contribution in [0.5, 0.6) is 0 Å². The molecule has 1 aromatic rings. The smallest absolute Gasteiger partial charge is 0.418 e. The number of hydrogen-bond donors (Lipinski definition) is 0. The zero-order chi connectivity index (χ0) is 27.4. The molecule has 2 aliphatic rings. The standard InChI is InChI=1S/C26H36F3N3O5/c1-25(2,3)37-24(35)31-13-10-18(11-14-31)9-12-30-15-16-32(23(30)34)21-7-5-19(6-8-22(33)36-4)17-20(21)26(27,28)29/h5,7,17-18H,6,8-16H2,1-4H3. The third kappa shape index (κ3) is 7.75. The second-order valence-corrected chi connectivity index (χ2v) is 10.5. The molecule has 0 spiro atoms. The van der Waals surface area contributed by atoms with Gasteiger partial charge in [-0.15, -0.1) is 0 Å². The minimum atomic E-state index is -4.65. The highest BCUT2D eigenvalue weighted by Gasteiger charge is 2.39. The van der Waals surface area contributed by atoms with Crippen molar-refractivity contribution in [3.05, 3.63) is 29.3 Å². The van der Waals surface area contributed by atoms with E-state index in [1.807, 2.05) is 20.8 Å². The maximum atomic E-state index is 13.9. The highest BCUT2D eigenvalue weighted by molar-refractivity contribution is 5.95. The molecule has 1 aromatic carbocycles. The van der Waals surface area contributed by atoms with Crippen molar-refractivity contribution < 1.29 is 37.0 Å². The molecule has 0 radical (unpaired) electrons. The van der Waals surface area contributed by atoms with Gasteiger partial charge in [0.15, 0.2) is 0 Å². The second kappa shape index (κ2) is 11.6. The molecule has 37 heavy (non-hydrogen) atoms. The van der Waals surface area contributed by atoms with Crippen molar-refractivity contribution in [2.24, 2.45) is 5.92 Å². The first-order valence-corrected chi connectivity index (χ1v) is 12.6. The molecule has 3 rings (SSSR count). The third-order valence-electron chi connectivity index (χ3n) is 6.67. The quantitative estimate of drug-likeness (QED) is 0.462. The molecule has 0 atom stereocenters. The number of alkyl halides is 3. The van der Waals surface area contributed by atoms with Crippen LogP contribution in [0.15, 0.2) is 18.2 Å². The average Bonchev–Trinajstić information content (AvgIpc) is 3.19. The van der Waals surface area contributed by atoms with E-state index in [2.05, 4.69) is 4.74 Å². The number of esters is 1. The molecular weight excluding hydrogens is 491 g/mol. The fourth-order valence-corrected chi connectivity index (χ4v) is 4.63. The number of aryl methyl sites for hydroxylation is 1. The van der Waals surface area contributed by atoms with Gasteiger partial charge in [-0.1, -0.05) is 6.07 Å². The topological polar surface area (TPSA) is 79.4 Å². The number of nitrogens with zero attached hydrogens (tertiary/aromatic N) is 3. The van der Waals surface area contributed by atoms with Gasteiger partial charge < -0.3 is 19.3 Å². The number of carbonyl (C=O) groups excluding carboxylic acids is 3. The Bertz CT molecular complexity index is 985. The zero-order valence-corrected chi connectivity index (χ0v) is 21.9. The van der Waals surface area contributed by atoms with Crippen molar-refractivity contribution in [3.8, 4) is 0 Å². The number of methoxy groups -OCH3 is 1. The largest absolute Gasteiger partial charge is 0.469 e. The van der Waals surface area contributed by atoms with Gasteiger partial charge in [-0.2, -0.15) is 13.2 Å². The Kier molecular flexibility index (Phi) is 8.96. The number of benzene rings is 1. The number of likely N-dealkylation sites (tertiary alicyclic amines) is 1. The summed E-state index contributed by atoms with van der Waals surface area (Å²) in [5.41, 5.74) is -1.26. The lowest BCUT2D eigenvalue weighted by Crippen LogP contribution is -2.42. The summed E-state index contributed by atoms with van der Waals surface area (Å²) >= 11 is 0. The van der Waals surface area contributed by atoms with E-state index in [9.17, 15) is 27.6 Å². The molecule has 2 fully saturated rings. The van der Waals surface area contributed by atoms with Crippen molar-refractivity contribution in [1.29, 1.82) is 0 Å². The van der Waals surface area contributed by atoms with Gasteiger partial charge in [0.25, 0.3) is 0 Å². The lowest BCUT2D eigenvalue weighted by atomic mass is 9.93. The van der Waals surface area contributed by atoms with Gasteiger partial charge in [0.1, 0.15) is 5.60 Å². The minimum Gasteiger partial charge on any atom is -0.469 e. The van der Waals surface area contributed by atoms with Crippen LogP contribution in [0.25, 0.3) is 0 Å². The van der Waals surface area contributed by atoms with Crippen molar-refractivity contribution in [1.82, 2.24) is 9.80 Å². The predicted octanol–water partition coefficient (Wildman–Crippen LogP) is 5.09. The molecule has 0 unspecified atom stereocenters. The van der Waals surface area contributed by atoms with Gasteiger partial charge in [-0.25, -0.2) is 9.59 Å². The third-order valence-corrected chi connectivity index (χ3v) is 6.67. The van der Waals surface area contributed by atoms with Crippen LogP contribution in [0.2, 0.25) is 0 Å². The first kappa shape index (κ1) is 28.6. The molecule has 8 nitrogen and oxygen atoms in total. The van der Waals surface area contributed by atoms with Crippen LogP contribution in [0.3, 0.4) is 0 Å². The van der Waals surface area contributed by atoms with Crippen LogP contribution < -0.4 is 4.90 Å². The van der Waals surface area contributed by atoms with Crippen molar-refractivity contribution >= 4 is 23.8 Å². The molecule has 2 aliphatic heterocycles. The van der Waals surface area contributed by atoms with Gasteiger partial charge >= 0.3 is 24.3 Å². The van der Waals surface area contributed by atoms with Crippen molar-refractivity contribution in [3.63, 3.8) is 0 Å². The Morgan fingerprint density at radius 1 is 1.05 bits per heavy atom. The number of carbonyl (C=O) groups is 3. The number of amides is 3. The van der Waals surface area contributed by atoms with Gasteiger partial charge in [0, 0.05) is 39.1 Å². The molecule has 206 valence electrons. The summed E-state index contributed by atoms with van der Waals surface area (Å²) in [6.45, 7) is 7.60. The Labute approximate surface area is 215 Å². The molecule has 0 bridgehead atoms. The number of halogens is 3. The molecule has 0 N–H and O–H groups in total. The lowest BCUT2D eigenvalue weighted by Gasteiger charge is -2.34. The monoisotopic (exact) mass is 527 g/mol. The highest BCUT2D eigenvalue weighted by Crippen LogP contribution is 2.39. The van der Waals surface area contributed by atoms with Crippen LogP contribution >= 0.6 is 0 Å². The number of urea groups is 1. The van der Waals surface area contributed by atoms with E-state index in [1.165, 1.54) is 24.1 Å². The zero-order valence-electron chi connectivity index (χ0n) is 21.9. The first-order valence-electron chi connectivity index (χ1n) is 12.6. The molecule has 11 heteroatoms.